The van der Waals surface area contributed by atoms with E-state index >= 15 is 0 Å². The smallest absolute Gasteiger partial charge is 0.326 e. The third-order valence-electron chi connectivity index (χ3n) is 2.32. The molecule has 1 aromatic carbocycles. The Kier molecular flexibility index (Phi) is 4.65. The van der Waals surface area contributed by atoms with Gasteiger partial charge in [0.1, 0.15) is 11.9 Å². The lowest BCUT2D eigenvalue weighted by atomic mass is 10.2. The fourth-order valence-electron chi connectivity index (χ4n) is 1.44. The van der Waals surface area contributed by atoms with Gasteiger partial charge in [-0.3, -0.25) is 4.79 Å². The van der Waals surface area contributed by atoms with Crippen LogP contribution in [0.5, 0.6) is 0 Å². The maximum Gasteiger partial charge on any atom is 0.326 e. The van der Waals surface area contributed by atoms with Crippen molar-refractivity contribution in [2.24, 2.45) is 0 Å². The molecule has 18 heavy (non-hydrogen) atoms. The Morgan fingerprint density at radius 2 is 2.11 bits per heavy atom. The summed E-state index contributed by atoms with van der Waals surface area (Å²) in [5, 5.41) is 14.0. The number of carboxylic acid groups (broad SMARTS) is 1. The lowest BCUT2D eigenvalue weighted by Crippen LogP contribution is -2.28. The minimum absolute atomic E-state index is 0.0211. The summed E-state index contributed by atoms with van der Waals surface area (Å²) in [6.07, 6.45) is 0.391. The molecule has 0 fully saturated rings. The van der Waals surface area contributed by atoms with Crippen LogP contribution in [0.1, 0.15) is 20.3 Å². The molecular formula is C12H15FN2O3. The molecule has 3 N–H and O–H groups in total. The van der Waals surface area contributed by atoms with Gasteiger partial charge in [-0.15, -0.1) is 0 Å². The van der Waals surface area contributed by atoms with Crippen LogP contribution in [0.2, 0.25) is 0 Å². The van der Waals surface area contributed by atoms with E-state index in [-0.39, 0.29) is 5.69 Å². The average Bonchev–Trinajstić information content (AvgIpc) is 2.29. The molecule has 0 aliphatic carbocycles. The zero-order chi connectivity index (χ0) is 13.7. The Labute approximate surface area is 104 Å². The van der Waals surface area contributed by atoms with Gasteiger partial charge in [0.15, 0.2) is 0 Å². The molecule has 1 unspecified atom stereocenters. The Hall–Kier alpha value is -2.11. The quantitative estimate of drug-likeness (QED) is 0.751. The summed E-state index contributed by atoms with van der Waals surface area (Å²) < 4.78 is 13.3. The highest BCUT2D eigenvalue weighted by atomic mass is 19.1. The van der Waals surface area contributed by atoms with Gasteiger partial charge in [-0.25, -0.2) is 9.18 Å². The number of hydrogen-bond acceptors (Lipinski definition) is 3. The molecule has 0 saturated heterocycles. The lowest BCUT2D eigenvalue weighted by molar-refractivity contribution is -0.138. The van der Waals surface area contributed by atoms with Crippen LogP contribution in [0.3, 0.4) is 0 Å². The Bertz CT molecular complexity index is 463. The predicted molar refractivity (Wildman–Crippen MR) is 66.0 cm³/mol. The molecule has 0 radical (unpaired) electrons. The molecule has 1 amide bonds. The van der Waals surface area contributed by atoms with E-state index in [0.29, 0.717) is 12.1 Å². The first-order chi connectivity index (χ1) is 8.43. The third-order valence-corrected chi connectivity index (χ3v) is 2.32. The molecule has 0 saturated carbocycles. The highest BCUT2D eigenvalue weighted by molar-refractivity contribution is 5.89. The van der Waals surface area contributed by atoms with Crippen LogP contribution in [0.15, 0.2) is 18.2 Å². The summed E-state index contributed by atoms with van der Waals surface area (Å²) in [6, 6.07) is 3.21. The van der Waals surface area contributed by atoms with Gasteiger partial charge >= 0.3 is 5.97 Å². The van der Waals surface area contributed by atoms with E-state index in [1.54, 1.807) is 6.92 Å². The standard InChI is InChI=1S/C12H15FN2O3/c1-3-10(12(17)18)15-8-4-5-9(13)11(6-8)14-7(2)16/h4-6,10,15H,3H2,1-2H3,(H,14,16)(H,17,18). The number of amides is 1. The van der Waals surface area contributed by atoms with Crippen molar-refractivity contribution in [1.82, 2.24) is 0 Å². The molecule has 0 aliphatic rings. The van der Waals surface area contributed by atoms with Crippen LogP contribution in [0.4, 0.5) is 15.8 Å². The van der Waals surface area contributed by atoms with Crippen molar-refractivity contribution in [2.75, 3.05) is 10.6 Å². The molecule has 0 heterocycles. The molecule has 5 nitrogen and oxygen atoms in total. The van der Waals surface area contributed by atoms with Gasteiger partial charge in [-0.05, 0) is 24.6 Å². The number of carbonyl (C=O) groups excluding carboxylic acids is 1. The summed E-state index contributed by atoms with van der Waals surface area (Å²) in [4.78, 5) is 21.7. The van der Waals surface area contributed by atoms with E-state index in [1.807, 2.05) is 0 Å². The fourth-order valence-corrected chi connectivity index (χ4v) is 1.44. The predicted octanol–water partition coefficient (Wildman–Crippen LogP) is 2.06. The average molecular weight is 254 g/mol. The van der Waals surface area contributed by atoms with Crippen molar-refractivity contribution in [1.29, 1.82) is 0 Å². The monoisotopic (exact) mass is 254 g/mol. The molecule has 0 spiro atoms. The topological polar surface area (TPSA) is 78.4 Å². The van der Waals surface area contributed by atoms with Gasteiger partial charge in [0, 0.05) is 12.6 Å². The summed E-state index contributed by atoms with van der Waals surface area (Å²) in [6.45, 7) is 3.00. The Balaban J connectivity index is 2.90. The van der Waals surface area contributed by atoms with E-state index in [1.165, 1.54) is 25.1 Å². The minimum atomic E-state index is -0.983. The van der Waals surface area contributed by atoms with E-state index in [0.717, 1.165) is 0 Å². The van der Waals surface area contributed by atoms with Crippen LogP contribution in [-0.4, -0.2) is 23.0 Å². The van der Waals surface area contributed by atoms with Crippen molar-refractivity contribution in [3.05, 3.63) is 24.0 Å². The molecule has 6 heteroatoms. The van der Waals surface area contributed by atoms with Crippen LogP contribution in [0, 0.1) is 5.82 Å². The maximum atomic E-state index is 13.3. The first-order valence-corrected chi connectivity index (χ1v) is 5.50. The summed E-state index contributed by atoms with van der Waals surface area (Å²) in [5.41, 5.74) is 0.460. The molecule has 0 aliphatic heterocycles. The van der Waals surface area contributed by atoms with Gasteiger partial charge in [-0.1, -0.05) is 6.92 Å². The number of carbonyl (C=O) groups is 2. The van der Waals surface area contributed by atoms with Gasteiger partial charge in [0.25, 0.3) is 0 Å². The lowest BCUT2D eigenvalue weighted by Gasteiger charge is -2.15. The minimum Gasteiger partial charge on any atom is -0.480 e. The molecule has 1 rings (SSSR count). The van der Waals surface area contributed by atoms with Crippen LogP contribution < -0.4 is 10.6 Å². The van der Waals surface area contributed by atoms with Gasteiger partial charge in [0.05, 0.1) is 5.69 Å². The Morgan fingerprint density at radius 1 is 1.44 bits per heavy atom. The number of hydrogen-bond donors (Lipinski definition) is 3. The molecule has 98 valence electrons. The van der Waals surface area contributed by atoms with Crippen LogP contribution in [-0.2, 0) is 9.59 Å². The molecule has 0 bridgehead atoms. The van der Waals surface area contributed by atoms with Crippen LogP contribution in [0.25, 0.3) is 0 Å². The Morgan fingerprint density at radius 3 is 2.61 bits per heavy atom. The highest BCUT2D eigenvalue weighted by Crippen LogP contribution is 2.20. The van der Waals surface area contributed by atoms with Crippen molar-refractivity contribution in [2.45, 2.75) is 26.3 Å². The molecular weight excluding hydrogens is 239 g/mol. The fraction of sp³-hybridized carbons (Fsp3) is 0.333. The van der Waals surface area contributed by atoms with E-state index in [9.17, 15) is 14.0 Å². The highest BCUT2D eigenvalue weighted by Gasteiger charge is 2.15. The normalized spacial score (nSPS) is 11.7. The van der Waals surface area contributed by atoms with Gasteiger partial charge in [0.2, 0.25) is 5.91 Å². The number of carboxylic acids is 1. The number of nitrogens with one attached hydrogen (secondary N) is 2. The van der Waals surface area contributed by atoms with Crippen molar-refractivity contribution in [3.8, 4) is 0 Å². The summed E-state index contributed by atoms with van der Waals surface area (Å²) in [7, 11) is 0. The first kappa shape index (κ1) is 14.0. The van der Waals surface area contributed by atoms with Crippen LogP contribution >= 0.6 is 0 Å². The van der Waals surface area contributed by atoms with Crippen molar-refractivity contribution >= 4 is 23.3 Å². The largest absolute Gasteiger partial charge is 0.480 e. The van der Waals surface area contributed by atoms with E-state index < -0.39 is 23.7 Å². The molecule has 1 atom stereocenters. The number of halogens is 1. The third kappa shape index (κ3) is 3.73. The first-order valence-electron chi connectivity index (χ1n) is 5.50. The summed E-state index contributed by atoms with van der Waals surface area (Å²) in [5.74, 6) is -1.95. The van der Waals surface area contributed by atoms with E-state index in [2.05, 4.69) is 10.6 Å². The van der Waals surface area contributed by atoms with E-state index in [4.69, 9.17) is 5.11 Å². The number of anilines is 2. The summed E-state index contributed by atoms with van der Waals surface area (Å²) >= 11 is 0. The maximum absolute atomic E-state index is 13.3. The second-order valence-electron chi connectivity index (χ2n) is 3.82. The van der Waals surface area contributed by atoms with Gasteiger partial charge < -0.3 is 15.7 Å². The number of rotatable bonds is 5. The zero-order valence-electron chi connectivity index (χ0n) is 10.2. The second-order valence-corrected chi connectivity index (χ2v) is 3.82. The second kappa shape index (κ2) is 6.00. The van der Waals surface area contributed by atoms with Crippen molar-refractivity contribution < 1.29 is 19.1 Å². The SMILES string of the molecule is CCC(Nc1ccc(F)c(NC(C)=O)c1)C(=O)O. The van der Waals surface area contributed by atoms with Crippen molar-refractivity contribution in [3.63, 3.8) is 0 Å². The molecule has 1 aromatic rings. The van der Waals surface area contributed by atoms with Gasteiger partial charge in [-0.2, -0.15) is 0 Å². The zero-order valence-corrected chi connectivity index (χ0v) is 10.2. The molecule has 0 aromatic heterocycles. The number of aliphatic carboxylic acids is 1. The number of benzene rings is 1.